The number of rotatable bonds is 8. The van der Waals surface area contributed by atoms with Crippen molar-refractivity contribution in [2.45, 2.75) is 127 Å². The summed E-state index contributed by atoms with van der Waals surface area (Å²) in [6.07, 6.45) is 7.91. The summed E-state index contributed by atoms with van der Waals surface area (Å²) in [6, 6.07) is 40.7. The molecule has 9 aromatic rings. The quantitative estimate of drug-likeness (QED) is 0.142. The average molecular weight is 1030 g/mol. The van der Waals surface area contributed by atoms with E-state index in [2.05, 4.69) is 119 Å². The summed E-state index contributed by atoms with van der Waals surface area (Å²) < 4.78 is 58.2. The van der Waals surface area contributed by atoms with Crippen LogP contribution in [0.25, 0.3) is 38.3 Å². The number of hydrogen-bond donors (Lipinski definition) is 0. The number of para-hydroxylation sites is 3. The molecular weight excluding hydrogens is 953 g/mol. The predicted octanol–water partition coefficient (Wildman–Crippen LogP) is 19.3. The minimum absolute atomic E-state index is 0.276. The number of allylic oxidation sites excluding steroid dienone is 2. The van der Waals surface area contributed by atoms with Crippen LogP contribution in [-0.4, -0.2) is 19.7 Å². The normalized spacial score (nSPS) is 14.3. The van der Waals surface area contributed by atoms with Crippen LogP contribution in [0, 0.1) is 27.7 Å². The van der Waals surface area contributed by atoms with Crippen molar-refractivity contribution in [3.05, 3.63) is 196 Å². The van der Waals surface area contributed by atoms with Gasteiger partial charge in [-0.05, 0) is 127 Å². The maximum atomic E-state index is 16.6. The Hall–Kier alpha value is -6.46. The summed E-state index contributed by atoms with van der Waals surface area (Å²) in [7, 11) is -7.68. The lowest BCUT2D eigenvalue weighted by atomic mass is 9.72. The molecule has 0 saturated heterocycles. The van der Waals surface area contributed by atoms with Crippen molar-refractivity contribution in [1.29, 1.82) is 0 Å². The molecule has 0 bridgehead atoms. The molecule has 0 spiro atoms. The third-order valence-corrected chi connectivity index (χ3v) is 18.3. The Bertz CT molecular complexity index is 3640. The van der Waals surface area contributed by atoms with Gasteiger partial charge in [-0.25, -0.2) is 13.2 Å². The molecule has 0 radical (unpaired) electrons. The molecule has 3 aromatic heterocycles. The van der Waals surface area contributed by atoms with E-state index in [0.717, 1.165) is 71.7 Å². The zero-order chi connectivity index (χ0) is 53.9. The van der Waals surface area contributed by atoms with Gasteiger partial charge in [0.15, 0.2) is 23.0 Å². The van der Waals surface area contributed by atoms with Crippen molar-refractivity contribution in [3.63, 3.8) is 0 Å². The van der Waals surface area contributed by atoms with Gasteiger partial charge >= 0.3 is 15.2 Å². The molecule has 0 aliphatic carbocycles. The maximum absolute atomic E-state index is 16.6. The number of hydrogen-bond acceptors (Lipinski definition) is 5. The topological polar surface area (TPSA) is 76.6 Å². The number of nitrogens with zero attached hydrogens (tertiary/aromatic N) is 3. The lowest BCUT2D eigenvalue weighted by Gasteiger charge is -2.39. The van der Waals surface area contributed by atoms with E-state index in [0.29, 0.717) is 23.0 Å². The smallest absolute Gasteiger partial charge is 0.449 e. The van der Waals surface area contributed by atoms with Gasteiger partial charge in [0.05, 0.1) is 16.6 Å². The summed E-state index contributed by atoms with van der Waals surface area (Å²) in [5.74, 6) is 1.60. The van der Waals surface area contributed by atoms with E-state index < -0.39 is 20.6 Å². The van der Waals surface area contributed by atoms with Gasteiger partial charge in [0.2, 0.25) is 0 Å². The van der Waals surface area contributed by atoms with Crippen LogP contribution in [0.5, 0.6) is 23.0 Å². The Morgan fingerprint density at radius 1 is 0.554 bits per heavy atom. The fourth-order valence-electron chi connectivity index (χ4n) is 10.0. The van der Waals surface area contributed by atoms with Gasteiger partial charge in [0.25, 0.3) is 0 Å². The highest BCUT2D eigenvalue weighted by Crippen LogP contribution is 2.62. The van der Waals surface area contributed by atoms with Crippen LogP contribution < -0.4 is 13.8 Å². The summed E-state index contributed by atoms with van der Waals surface area (Å²) in [6.45, 7) is 35.5. The summed E-state index contributed by atoms with van der Waals surface area (Å²) in [5.41, 5.74) is 12.0. The second-order valence-corrected chi connectivity index (χ2v) is 26.5. The molecule has 74 heavy (non-hydrogen) atoms. The third-order valence-electron chi connectivity index (χ3n) is 14.5. The fraction of sp³-hybridized carbons (Fsp3) is 0.312. The Morgan fingerprint density at radius 3 is 1.35 bits per heavy atom. The van der Waals surface area contributed by atoms with E-state index in [1.54, 1.807) is 11.0 Å². The SMILES string of the molecule is C/C=C(/C)c1ccccc1C.CC.Cc1cn(P(C)(=O)Oc2cc(C(C)(C)C)cc3c2Oc2c(OP(=O)(n4cc(C)c5ccccc54)n4cc(C)c5ccccc54)cc(C(C)(C)C)cc2C3(C)C)c2ccccc12. The highest BCUT2D eigenvalue weighted by atomic mass is 31.2. The molecule has 4 heterocycles. The largest absolute Gasteiger partial charge is 0.457 e. The first-order valence-corrected chi connectivity index (χ1v) is 29.4. The first-order valence-electron chi connectivity index (χ1n) is 25.9. The van der Waals surface area contributed by atoms with Crippen molar-refractivity contribution in [2.24, 2.45) is 0 Å². The maximum Gasteiger partial charge on any atom is 0.457 e. The standard InChI is InChI=1S/C51H55N3O5P2.C11H14.C2H6/c1-32-29-52(42-22-16-13-19-37(32)42)60(12,55)58-45-27-35(49(4,5)6)25-40-47(45)57-48-41(51(40,10)11)26-36(50(7,8)9)28-46(48)59-61(56,53-30-33(2)38-20-14-17-23-43(38)53)54-31-34(3)39-21-15-18-24-44(39)54;1-4-9(2)11-8-6-5-7-10(11)3;1-2/h13-31H,1-12H3;4-8H,1-3H3;1-2H3/b;9-4-;. The summed E-state index contributed by atoms with van der Waals surface area (Å²) >= 11 is 0. The Kier molecular flexibility index (Phi) is 14.5. The molecule has 10 rings (SSSR count). The average Bonchev–Trinajstić information content (AvgIpc) is 4.02. The first kappa shape index (κ1) is 53.8. The molecular formula is C64H75N3O5P2. The number of aryl methyl sites for hydroxylation is 4. The monoisotopic (exact) mass is 1030 g/mol. The summed E-state index contributed by atoms with van der Waals surface area (Å²) in [5, 5.41) is 2.99. The number of fused-ring (bicyclic) bond motifs is 5. The van der Waals surface area contributed by atoms with Crippen LogP contribution in [0.15, 0.2) is 146 Å². The summed E-state index contributed by atoms with van der Waals surface area (Å²) in [4.78, 5) is 0. The van der Waals surface area contributed by atoms with Crippen LogP contribution in [0.1, 0.15) is 133 Å². The first-order chi connectivity index (χ1) is 34.8. The fourth-order valence-corrected chi connectivity index (χ4v) is 13.9. The van der Waals surface area contributed by atoms with Crippen molar-refractivity contribution in [2.75, 3.05) is 6.66 Å². The molecule has 0 fully saturated rings. The molecule has 1 aliphatic heterocycles. The second kappa shape index (κ2) is 20.0. The van der Waals surface area contributed by atoms with Crippen molar-refractivity contribution < 1.29 is 22.9 Å². The van der Waals surface area contributed by atoms with Gasteiger partial charge in [-0.2, -0.15) is 0 Å². The van der Waals surface area contributed by atoms with Crippen molar-refractivity contribution >= 4 is 53.5 Å². The van der Waals surface area contributed by atoms with Crippen LogP contribution in [0.3, 0.4) is 0 Å². The van der Waals surface area contributed by atoms with Crippen LogP contribution in [0.2, 0.25) is 0 Å². The van der Waals surface area contributed by atoms with Crippen molar-refractivity contribution in [1.82, 2.24) is 13.0 Å². The van der Waals surface area contributed by atoms with Gasteiger partial charge in [-0.3, -0.25) is 8.90 Å². The van der Waals surface area contributed by atoms with Crippen LogP contribution in [-0.2, 0) is 25.4 Å². The molecule has 0 N–H and O–H groups in total. The Labute approximate surface area is 440 Å². The van der Waals surface area contributed by atoms with Crippen molar-refractivity contribution in [3.8, 4) is 23.0 Å². The molecule has 0 saturated carbocycles. The van der Waals surface area contributed by atoms with E-state index in [1.165, 1.54) is 16.7 Å². The highest BCUT2D eigenvalue weighted by Gasteiger charge is 2.43. The zero-order valence-electron chi connectivity index (χ0n) is 46.6. The van der Waals surface area contributed by atoms with E-state index in [4.69, 9.17) is 13.8 Å². The molecule has 8 nitrogen and oxygen atoms in total. The lowest BCUT2D eigenvalue weighted by Crippen LogP contribution is -2.27. The van der Waals surface area contributed by atoms with E-state index in [9.17, 15) is 0 Å². The molecule has 1 atom stereocenters. The highest BCUT2D eigenvalue weighted by molar-refractivity contribution is 7.57. The zero-order valence-corrected chi connectivity index (χ0v) is 48.4. The number of benzene rings is 6. The number of aromatic nitrogens is 3. The Morgan fingerprint density at radius 2 is 0.932 bits per heavy atom. The molecule has 1 unspecified atom stereocenters. The van der Waals surface area contributed by atoms with E-state index >= 15 is 9.13 Å². The van der Waals surface area contributed by atoms with Gasteiger partial charge in [0, 0.05) is 58.0 Å². The van der Waals surface area contributed by atoms with Crippen LogP contribution in [0.4, 0.5) is 0 Å². The lowest BCUT2D eigenvalue weighted by molar-refractivity contribution is 0.370. The van der Waals surface area contributed by atoms with Gasteiger partial charge in [-0.1, -0.05) is 166 Å². The molecule has 6 aromatic carbocycles. The second-order valence-electron chi connectivity index (χ2n) is 22.2. The minimum Gasteiger partial charge on any atom is -0.449 e. The van der Waals surface area contributed by atoms with Gasteiger partial charge < -0.3 is 13.8 Å². The van der Waals surface area contributed by atoms with Gasteiger partial charge in [-0.15, -0.1) is 0 Å². The molecule has 0 amide bonds. The van der Waals surface area contributed by atoms with Gasteiger partial charge in [0.1, 0.15) is 0 Å². The predicted molar refractivity (Wildman–Crippen MR) is 313 cm³/mol. The third kappa shape index (κ3) is 9.73. The van der Waals surface area contributed by atoms with Crippen LogP contribution >= 0.6 is 15.2 Å². The minimum atomic E-state index is -4.10. The molecule has 1 aliphatic rings. The number of ether oxygens (including phenoxy) is 1. The molecule has 10 heteroatoms. The Balaban J connectivity index is 0.000000495. The van der Waals surface area contributed by atoms with E-state index in [-0.39, 0.29) is 10.8 Å². The molecule has 386 valence electrons. The van der Waals surface area contributed by atoms with E-state index in [1.807, 2.05) is 147 Å².